The van der Waals surface area contributed by atoms with Crippen molar-refractivity contribution in [2.24, 2.45) is 0 Å². The summed E-state index contributed by atoms with van der Waals surface area (Å²) in [6.45, 7) is 6.47. The lowest BCUT2D eigenvalue weighted by Crippen LogP contribution is -1.96. The van der Waals surface area contributed by atoms with Crippen LogP contribution in [0.25, 0.3) is 11.1 Å². The summed E-state index contributed by atoms with van der Waals surface area (Å²) in [6.07, 6.45) is 0. The van der Waals surface area contributed by atoms with E-state index in [0.717, 1.165) is 0 Å². The Morgan fingerprint density at radius 1 is 0.882 bits per heavy atom. The fourth-order valence-corrected chi connectivity index (χ4v) is 2.24. The first-order valence-corrected chi connectivity index (χ1v) is 5.98. The summed E-state index contributed by atoms with van der Waals surface area (Å²) in [7, 11) is 1.98. The van der Waals surface area contributed by atoms with Gasteiger partial charge in [0.25, 0.3) is 0 Å². The Hall–Kier alpha value is -1.76. The molecule has 0 spiro atoms. The van der Waals surface area contributed by atoms with Crippen molar-refractivity contribution in [3.05, 3.63) is 53.1 Å². The molecular weight excluding hydrogens is 206 g/mol. The molecule has 2 rings (SSSR count). The Balaban J connectivity index is 2.71. The average Bonchev–Trinajstić information content (AvgIpc) is 2.32. The fourth-order valence-electron chi connectivity index (χ4n) is 2.24. The second-order valence-corrected chi connectivity index (χ2v) is 4.57. The topological polar surface area (TPSA) is 12.0 Å². The van der Waals surface area contributed by atoms with E-state index in [1.54, 1.807) is 0 Å². The van der Waals surface area contributed by atoms with E-state index in [1.807, 2.05) is 7.05 Å². The molecule has 1 heteroatoms. The molecule has 0 aliphatic carbocycles. The second-order valence-electron chi connectivity index (χ2n) is 4.57. The number of aryl methyl sites for hydroxylation is 3. The van der Waals surface area contributed by atoms with Crippen LogP contribution in [0, 0.1) is 20.8 Å². The van der Waals surface area contributed by atoms with Crippen molar-refractivity contribution in [2.75, 3.05) is 12.4 Å². The van der Waals surface area contributed by atoms with Crippen molar-refractivity contribution in [3.63, 3.8) is 0 Å². The SMILES string of the molecule is CNc1cccc(C)c1-c1cc(C)ccc1C. The molecule has 0 atom stereocenters. The zero-order chi connectivity index (χ0) is 12.4. The molecule has 0 saturated heterocycles. The van der Waals surface area contributed by atoms with E-state index in [1.165, 1.54) is 33.5 Å². The molecule has 0 amide bonds. The molecule has 0 unspecified atom stereocenters. The summed E-state index contributed by atoms with van der Waals surface area (Å²) in [5, 5.41) is 3.28. The first-order chi connectivity index (χ1) is 8.13. The number of hydrogen-bond donors (Lipinski definition) is 1. The Morgan fingerprint density at radius 3 is 2.35 bits per heavy atom. The zero-order valence-electron chi connectivity index (χ0n) is 11.0. The number of nitrogens with one attached hydrogen (secondary N) is 1. The van der Waals surface area contributed by atoms with E-state index < -0.39 is 0 Å². The van der Waals surface area contributed by atoms with Crippen molar-refractivity contribution in [2.45, 2.75) is 20.8 Å². The van der Waals surface area contributed by atoms with Crippen LogP contribution < -0.4 is 5.32 Å². The van der Waals surface area contributed by atoms with Crippen LogP contribution in [0.3, 0.4) is 0 Å². The summed E-state index contributed by atoms with van der Waals surface area (Å²) in [5.41, 5.74) is 7.77. The lowest BCUT2D eigenvalue weighted by Gasteiger charge is -2.15. The highest BCUT2D eigenvalue weighted by Crippen LogP contribution is 2.33. The Bertz CT molecular complexity index is 541. The van der Waals surface area contributed by atoms with Gasteiger partial charge in [-0.3, -0.25) is 0 Å². The molecule has 0 radical (unpaired) electrons. The van der Waals surface area contributed by atoms with Gasteiger partial charge in [-0.1, -0.05) is 35.9 Å². The zero-order valence-corrected chi connectivity index (χ0v) is 11.0. The van der Waals surface area contributed by atoms with E-state index in [0.29, 0.717) is 0 Å². The van der Waals surface area contributed by atoms with Gasteiger partial charge in [0, 0.05) is 18.3 Å². The molecule has 1 N–H and O–H groups in total. The predicted molar refractivity (Wildman–Crippen MR) is 75.6 cm³/mol. The van der Waals surface area contributed by atoms with Crippen LogP contribution in [0.15, 0.2) is 36.4 Å². The monoisotopic (exact) mass is 225 g/mol. The van der Waals surface area contributed by atoms with Gasteiger partial charge < -0.3 is 5.32 Å². The maximum absolute atomic E-state index is 3.28. The molecule has 2 aromatic carbocycles. The minimum Gasteiger partial charge on any atom is -0.388 e. The van der Waals surface area contributed by atoms with Gasteiger partial charge in [0.2, 0.25) is 0 Å². The lowest BCUT2D eigenvalue weighted by molar-refractivity contribution is 1.36. The normalized spacial score (nSPS) is 10.4. The highest BCUT2D eigenvalue weighted by molar-refractivity contribution is 5.82. The largest absolute Gasteiger partial charge is 0.388 e. The summed E-state index contributed by atoms with van der Waals surface area (Å²) in [6, 6.07) is 13.0. The third-order valence-corrected chi connectivity index (χ3v) is 3.20. The predicted octanol–water partition coefficient (Wildman–Crippen LogP) is 4.32. The van der Waals surface area contributed by atoms with Crippen LogP contribution in [-0.2, 0) is 0 Å². The minimum absolute atomic E-state index is 1.19. The lowest BCUT2D eigenvalue weighted by atomic mass is 9.93. The fraction of sp³-hybridized carbons (Fsp3) is 0.250. The maximum Gasteiger partial charge on any atom is 0.0420 e. The van der Waals surface area contributed by atoms with Crippen molar-refractivity contribution in [1.82, 2.24) is 0 Å². The van der Waals surface area contributed by atoms with Crippen LogP contribution in [0.2, 0.25) is 0 Å². The van der Waals surface area contributed by atoms with Crippen molar-refractivity contribution >= 4 is 5.69 Å². The standard InChI is InChI=1S/C16H19N/c1-11-8-9-12(2)14(10-11)16-13(3)6-5-7-15(16)17-4/h5-10,17H,1-4H3. The first-order valence-electron chi connectivity index (χ1n) is 5.98. The van der Waals surface area contributed by atoms with Gasteiger partial charge in [-0.15, -0.1) is 0 Å². The van der Waals surface area contributed by atoms with Gasteiger partial charge in [0.15, 0.2) is 0 Å². The van der Waals surface area contributed by atoms with Crippen LogP contribution in [0.5, 0.6) is 0 Å². The van der Waals surface area contributed by atoms with E-state index in [-0.39, 0.29) is 0 Å². The molecule has 0 fully saturated rings. The Labute approximate surface area is 103 Å². The molecule has 0 heterocycles. The minimum atomic E-state index is 1.19. The van der Waals surface area contributed by atoms with Crippen LogP contribution in [-0.4, -0.2) is 7.05 Å². The van der Waals surface area contributed by atoms with Crippen molar-refractivity contribution in [3.8, 4) is 11.1 Å². The highest BCUT2D eigenvalue weighted by Gasteiger charge is 2.09. The molecular formula is C16H19N. The van der Waals surface area contributed by atoms with Crippen LogP contribution in [0.1, 0.15) is 16.7 Å². The van der Waals surface area contributed by atoms with Crippen LogP contribution >= 0.6 is 0 Å². The molecule has 0 bridgehead atoms. The summed E-state index contributed by atoms with van der Waals surface area (Å²) in [4.78, 5) is 0. The number of anilines is 1. The number of hydrogen-bond acceptors (Lipinski definition) is 1. The third kappa shape index (κ3) is 2.19. The number of benzene rings is 2. The van der Waals surface area contributed by atoms with Crippen LogP contribution in [0.4, 0.5) is 5.69 Å². The van der Waals surface area contributed by atoms with Gasteiger partial charge in [0.1, 0.15) is 0 Å². The van der Waals surface area contributed by atoms with Gasteiger partial charge in [0.05, 0.1) is 0 Å². The number of rotatable bonds is 2. The second kappa shape index (κ2) is 4.62. The van der Waals surface area contributed by atoms with E-state index in [9.17, 15) is 0 Å². The summed E-state index contributed by atoms with van der Waals surface area (Å²) in [5.74, 6) is 0. The third-order valence-electron chi connectivity index (χ3n) is 3.20. The van der Waals surface area contributed by atoms with E-state index >= 15 is 0 Å². The Kier molecular flexibility index (Phi) is 3.19. The molecule has 0 aromatic heterocycles. The molecule has 2 aromatic rings. The quantitative estimate of drug-likeness (QED) is 0.802. The van der Waals surface area contributed by atoms with Crippen molar-refractivity contribution < 1.29 is 0 Å². The average molecular weight is 225 g/mol. The first kappa shape index (κ1) is 11.7. The molecule has 1 nitrogen and oxygen atoms in total. The summed E-state index contributed by atoms with van der Waals surface area (Å²) >= 11 is 0. The maximum atomic E-state index is 3.28. The molecule has 88 valence electrons. The van der Waals surface area contributed by atoms with Crippen molar-refractivity contribution in [1.29, 1.82) is 0 Å². The molecule has 0 saturated carbocycles. The molecule has 17 heavy (non-hydrogen) atoms. The van der Waals surface area contributed by atoms with E-state index in [2.05, 4.69) is 62.5 Å². The van der Waals surface area contributed by atoms with E-state index in [4.69, 9.17) is 0 Å². The van der Waals surface area contributed by atoms with Gasteiger partial charge >= 0.3 is 0 Å². The van der Waals surface area contributed by atoms with Gasteiger partial charge in [-0.2, -0.15) is 0 Å². The highest BCUT2D eigenvalue weighted by atomic mass is 14.8. The summed E-state index contributed by atoms with van der Waals surface area (Å²) < 4.78 is 0. The molecule has 0 aliphatic heterocycles. The molecule has 0 aliphatic rings. The Morgan fingerprint density at radius 2 is 1.65 bits per heavy atom. The van der Waals surface area contributed by atoms with Gasteiger partial charge in [-0.05, 0) is 43.5 Å². The van der Waals surface area contributed by atoms with Gasteiger partial charge in [-0.25, -0.2) is 0 Å². The smallest absolute Gasteiger partial charge is 0.0420 e.